The first-order valence-corrected chi connectivity index (χ1v) is 3.21. The molecule has 1 saturated heterocycles. The number of aliphatic hydroxyl groups excluding tert-OH is 2. The Bertz CT molecular complexity index is 134. The minimum atomic E-state index is -1.60. The van der Waals surface area contributed by atoms with Crippen LogP contribution < -0.4 is 0 Å². The monoisotopic (exact) mass is 148 g/mol. The molecule has 1 heterocycles. The summed E-state index contributed by atoms with van der Waals surface area (Å²) in [6.45, 7) is 2.92. The molecule has 4 heteroatoms. The second-order valence-electron chi connectivity index (χ2n) is 2.81. The lowest BCUT2D eigenvalue weighted by atomic mass is 10.1. The van der Waals surface area contributed by atoms with E-state index >= 15 is 0 Å². The molecule has 0 aromatic carbocycles. The fraction of sp³-hybridized carbons (Fsp3) is 1.00. The largest absolute Gasteiger partial charge is 0.387 e. The molecule has 1 aliphatic heterocycles. The van der Waals surface area contributed by atoms with Crippen LogP contribution in [0.25, 0.3) is 0 Å². The Balaban J connectivity index is 2.71. The van der Waals surface area contributed by atoms with Crippen molar-refractivity contribution in [1.82, 2.24) is 0 Å². The molecule has 3 N–H and O–H groups in total. The normalized spacial score (nSPS) is 55.5. The number of aliphatic hydroxyl groups is 3. The average molecular weight is 148 g/mol. The molecule has 4 atom stereocenters. The Morgan fingerprint density at radius 1 is 1.40 bits per heavy atom. The number of hydrogen-bond donors (Lipinski definition) is 3. The van der Waals surface area contributed by atoms with Gasteiger partial charge in [-0.2, -0.15) is 0 Å². The second-order valence-corrected chi connectivity index (χ2v) is 2.81. The summed E-state index contributed by atoms with van der Waals surface area (Å²) in [6.07, 6.45) is -2.71. The Morgan fingerprint density at radius 2 is 1.90 bits per heavy atom. The van der Waals surface area contributed by atoms with Crippen LogP contribution in [0.1, 0.15) is 13.8 Å². The smallest absolute Gasteiger partial charge is 0.192 e. The van der Waals surface area contributed by atoms with Crippen LogP contribution in [0.4, 0.5) is 0 Å². The Labute approximate surface area is 59.1 Å². The van der Waals surface area contributed by atoms with E-state index in [0.717, 1.165) is 0 Å². The minimum Gasteiger partial charge on any atom is -0.387 e. The van der Waals surface area contributed by atoms with Crippen molar-refractivity contribution in [3.05, 3.63) is 0 Å². The van der Waals surface area contributed by atoms with Crippen LogP contribution in [0.3, 0.4) is 0 Å². The van der Waals surface area contributed by atoms with Gasteiger partial charge < -0.3 is 20.1 Å². The lowest BCUT2D eigenvalue weighted by Gasteiger charge is -2.19. The molecule has 0 aliphatic carbocycles. The second kappa shape index (κ2) is 2.17. The lowest BCUT2D eigenvalue weighted by molar-refractivity contribution is -0.212. The predicted molar refractivity (Wildman–Crippen MR) is 33.2 cm³/mol. The van der Waals surface area contributed by atoms with Crippen molar-refractivity contribution in [2.75, 3.05) is 0 Å². The summed E-state index contributed by atoms with van der Waals surface area (Å²) >= 11 is 0. The van der Waals surface area contributed by atoms with Gasteiger partial charge in [-0.05, 0) is 13.8 Å². The minimum absolute atomic E-state index is 0.509. The Hall–Kier alpha value is -0.160. The summed E-state index contributed by atoms with van der Waals surface area (Å²) in [7, 11) is 0. The lowest BCUT2D eigenvalue weighted by Crippen LogP contribution is -2.40. The van der Waals surface area contributed by atoms with Crippen LogP contribution in [0.5, 0.6) is 0 Å². The predicted octanol–water partition coefficient (Wildman–Crippen LogP) is -1.16. The maximum absolute atomic E-state index is 9.17. The van der Waals surface area contributed by atoms with Crippen LogP contribution in [-0.2, 0) is 4.74 Å². The highest BCUT2D eigenvalue weighted by atomic mass is 16.7. The van der Waals surface area contributed by atoms with E-state index in [1.165, 1.54) is 6.92 Å². The maximum Gasteiger partial charge on any atom is 0.192 e. The molecule has 0 aromatic rings. The molecule has 0 radical (unpaired) electrons. The van der Waals surface area contributed by atoms with Gasteiger partial charge in [0.2, 0.25) is 0 Å². The summed E-state index contributed by atoms with van der Waals surface area (Å²) in [5, 5.41) is 27.3. The van der Waals surface area contributed by atoms with Gasteiger partial charge in [0.1, 0.15) is 12.2 Å². The molecule has 0 spiro atoms. The zero-order valence-corrected chi connectivity index (χ0v) is 5.98. The molecular weight excluding hydrogens is 136 g/mol. The van der Waals surface area contributed by atoms with E-state index < -0.39 is 24.1 Å². The molecule has 10 heavy (non-hydrogen) atoms. The van der Waals surface area contributed by atoms with E-state index in [1.54, 1.807) is 6.92 Å². The standard InChI is InChI=1S/C6H12O4/c1-3-4(7)5(8)6(2,9)10-3/h3-5,7-9H,1-2H3/t3-,4-,5+,6+/m1/s1. The number of hydrogen-bond acceptors (Lipinski definition) is 4. The van der Waals surface area contributed by atoms with E-state index in [0.29, 0.717) is 0 Å². The zero-order valence-electron chi connectivity index (χ0n) is 5.98. The van der Waals surface area contributed by atoms with Gasteiger partial charge in [0, 0.05) is 0 Å². The van der Waals surface area contributed by atoms with Gasteiger partial charge in [0.05, 0.1) is 6.10 Å². The Kier molecular flexibility index (Phi) is 1.72. The van der Waals surface area contributed by atoms with Crippen LogP contribution in [-0.4, -0.2) is 39.4 Å². The van der Waals surface area contributed by atoms with E-state index in [9.17, 15) is 5.11 Å². The van der Waals surface area contributed by atoms with E-state index in [4.69, 9.17) is 14.9 Å². The van der Waals surface area contributed by atoms with E-state index in [1.807, 2.05) is 0 Å². The summed E-state index contributed by atoms with van der Waals surface area (Å²) in [5.41, 5.74) is 0. The van der Waals surface area contributed by atoms with Crippen molar-refractivity contribution in [3.8, 4) is 0 Å². The van der Waals surface area contributed by atoms with Gasteiger partial charge >= 0.3 is 0 Å². The van der Waals surface area contributed by atoms with Crippen molar-refractivity contribution in [2.24, 2.45) is 0 Å². The van der Waals surface area contributed by atoms with Crippen molar-refractivity contribution >= 4 is 0 Å². The van der Waals surface area contributed by atoms with Crippen LogP contribution >= 0.6 is 0 Å². The third kappa shape index (κ3) is 1.03. The fourth-order valence-electron chi connectivity index (χ4n) is 1.09. The zero-order chi connectivity index (χ0) is 7.94. The highest BCUT2D eigenvalue weighted by Crippen LogP contribution is 2.27. The molecule has 0 saturated carbocycles. The third-order valence-electron chi connectivity index (χ3n) is 1.78. The van der Waals surface area contributed by atoms with Crippen molar-refractivity contribution in [3.63, 3.8) is 0 Å². The van der Waals surface area contributed by atoms with Gasteiger partial charge in [0.15, 0.2) is 5.79 Å². The van der Waals surface area contributed by atoms with Gasteiger partial charge in [-0.15, -0.1) is 0 Å². The third-order valence-corrected chi connectivity index (χ3v) is 1.78. The molecule has 1 aliphatic rings. The molecule has 0 aromatic heterocycles. The highest BCUT2D eigenvalue weighted by Gasteiger charge is 2.48. The summed E-state index contributed by atoms with van der Waals surface area (Å²) in [4.78, 5) is 0. The van der Waals surface area contributed by atoms with Crippen molar-refractivity contribution in [2.45, 2.75) is 37.9 Å². The molecule has 0 unspecified atom stereocenters. The fourth-order valence-corrected chi connectivity index (χ4v) is 1.09. The molecule has 60 valence electrons. The topological polar surface area (TPSA) is 69.9 Å². The van der Waals surface area contributed by atoms with E-state index in [-0.39, 0.29) is 0 Å². The molecular formula is C6H12O4. The first-order valence-electron chi connectivity index (χ1n) is 3.21. The molecule has 0 amide bonds. The Morgan fingerprint density at radius 3 is 2.00 bits per heavy atom. The molecule has 0 bridgehead atoms. The van der Waals surface area contributed by atoms with Gasteiger partial charge in [-0.3, -0.25) is 0 Å². The van der Waals surface area contributed by atoms with Gasteiger partial charge in [0.25, 0.3) is 0 Å². The van der Waals surface area contributed by atoms with Crippen molar-refractivity contribution < 1.29 is 20.1 Å². The van der Waals surface area contributed by atoms with Gasteiger partial charge in [-0.1, -0.05) is 0 Å². The summed E-state index contributed by atoms with van der Waals surface area (Å²) in [6, 6.07) is 0. The van der Waals surface area contributed by atoms with Crippen LogP contribution in [0, 0.1) is 0 Å². The molecule has 1 rings (SSSR count). The average Bonchev–Trinajstić information content (AvgIpc) is 1.95. The molecule has 4 nitrogen and oxygen atoms in total. The summed E-state index contributed by atoms with van der Waals surface area (Å²) in [5.74, 6) is -1.60. The van der Waals surface area contributed by atoms with E-state index in [2.05, 4.69) is 0 Å². The quantitative estimate of drug-likeness (QED) is 0.405. The van der Waals surface area contributed by atoms with Crippen LogP contribution in [0.2, 0.25) is 0 Å². The van der Waals surface area contributed by atoms with Crippen molar-refractivity contribution in [1.29, 1.82) is 0 Å². The SMILES string of the molecule is C[C@H]1O[C@](C)(O)[C@@H](O)[C@@H]1O. The summed E-state index contributed by atoms with van der Waals surface area (Å²) < 4.78 is 4.83. The maximum atomic E-state index is 9.17. The highest BCUT2D eigenvalue weighted by molar-refractivity contribution is 4.90. The number of ether oxygens (including phenoxy) is 1. The van der Waals surface area contributed by atoms with Gasteiger partial charge in [-0.25, -0.2) is 0 Å². The first-order chi connectivity index (χ1) is 4.45. The first kappa shape index (κ1) is 7.94. The molecule has 1 fully saturated rings. The van der Waals surface area contributed by atoms with Crippen LogP contribution in [0.15, 0.2) is 0 Å². The number of rotatable bonds is 0.